The van der Waals surface area contributed by atoms with Crippen LogP contribution in [0.4, 0.5) is 11.4 Å². The minimum absolute atomic E-state index is 0.231. The lowest BCUT2D eigenvalue weighted by molar-refractivity contribution is 0.393. The monoisotopic (exact) mass is 394 g/mol. The molecule has 3 rings (SSSR count). The van der Waals surface area contributed by atoms with Crippen LogP contribution in [0, 0.1) is 0 Å². The molecular formula is C23H26N2O4. The number of hydrogen-bond acceptors (Lipinski definition) is 6. The number of nitrogen functional groups attached to an aromatic ring is 2. The van der Waals surface area contributed by atoms with E-state index in [0.717, 1.165) is 16.7 Å². The van der Waals surface area contributed by atoms with Crippen molar-refractivity contribution in [1.29, 1.82) is 0 Å². The Balaban J connectivity index is 2.35. The fourth-order valence-electron chi connectivity index (χ4n) is 3.51. The van der Waals surface area contributed by atoms with E-state index in [0.29, 0.717) is 34.4 Å². The predicted octanol–water partition coefficient (Wildman–Crippen LogP) is 4.07. The number of rotatable bonds is 7. The Labute approximate surface area is 171 Å². The number of anilines is 2. The summed E-state index contributed by atoms with van der Waals surface area (Å²) in [5, 5.41) is 0. The summed E-state index contributed by atoms with van der Waals surface area (Å²) < 4.78 is 22.3. The maximum atomic E-state index is 6.11. The molecule has 0 bridgehead atoms. The molecule has 0 radical (unpaired) electrons. The van der Waals surface area contributed by atoms with Crippen LogP contribution in [-0.2, 0) is 0 Å². The van der Waals surface area contributed by atoms with Crippen LogP contribution in [0.15, 0.2) is 54.6 Å². The average molecular weight is 394 g/mol. The van der Waals surface area contributed by atoms with Gasteiger partial charge in [-0.25, -0.2) is 0 Å². The second-order valence-electron chi connectivity index (χ2n) is 6.52. The topological polar surface area (TPSA) is 89.0 Å². The van der Waals surface area contributed by atoms with E-state index in [1.807, 2.05) is 30.3 Å². The van der Waals surface area contributed by atoms with Gasteiger partial charge in [-0.05, 0) is 17.7 Å². The second-order valence-corrected chi connectivity index (χ2v) is 6.52. The average Bonchev–Trinajstić information content (AvgIpc) is 2.75. The number of nitrogens with two attached hydrogens (primary N) is 2. The van der Waals surface area contributed by atoms with Crippen LogP contribution in [0.3, 0.4) is 0 Å². The minimum atomic E-state index is -0.231. The molecule has 0 aliphatic rings. The molecule has 0 heterocycles. The van der Waals surface area contributed by atoms with Gasteiger partial charge in [-0.2, -0.15) is 0 Å². The van der Waals surface area contributed by atoms with Crippen LogP contribution in [0.1, 0.15) is 22.6 Å². The molecule has 0 aliphatic carbocycles. The molecule has 0 spiro atoms. The molecule has 29 heavy (non-hydrogen) atoms. The Hall–Kier alpha value is -3.54. The highest BCUT2D eigenvalue weighted by atomic mass is 16.5. The highest BCUT2D eigenvalue weighted by Crippen LogP contribution is 2.46. The van der Waals surface area contributed by atoms with Crippen LogP contribution in [0.5, 0.6) is 23.0 Å². The molecule has 0 saturated carbocycles. The van der Waals surface area contributed by atoms with Crippen molar-refractivity contribution in [3.8, 4) is 23.0 Å². The lowest BCUT2D eigenvalue weighted by Crippen LogP contribution is -2.09. The molecule has 152 valence electrons. The first-order chi connectivity index (χ1) is 14.0. The number of ether oxygens (including phenoxy) is 4. The van der Waals surface area contributed by atoms with Crippen LogP contribution in [0.25, 0.3) is 0 Å². The Bertz CT molecular complexity index is 928. The van der Waals surface area contributed by atoms with Crippen molar-refractivity contribution < 1.29 is 18.9 Å². The zero-order valence-corrected chi connectivity index (χ0v) is 17.1. The summed E-state index contributed by atoms with van der Waals surface area (Å²) in [5.41, 5.74) is 16.0. The van der Waals surface area contributed by atoms with E-state index in [1.54, 1.807) is 40.6 Å². The third-order valence-electron chi connectivity index (χ3n) is 4.92. The van der Waals surface area contributed by atoms with Crippen molar-refractivity contribution in [3.05, 3.63) is 71.3 Å². The Morgan fingerprint density at radius 3 is 1.38 bits per heavy atom. The van der Waals surface area contributed by atoms with Gasteiger partial charge in [0, 0.05) is 29.2 Å². The smallest absolute Gasteiger partial charge is 0.142 e. The Morgan fingerprint density at radius 2 is 1.00 bits per heavy atom. The van der Waals surface area contributed by atoms with E-state index < -0.39 is 0 Å². The van der Waals surface area contributed by atoms with Gasteiger partial charge in [-0.3, -0.25) is 0 Å². The molecular weight excluding hydrogens is 368 g/mol. The standard InChI is InChI=1S/C23H26N2O4/c1-26-19-12-17(24)21(28-3)10-15(19)23(14-8-6-5-7-9-14)16-11-22(29-4)18(25)13-20(16)27-2/h5-13,23H,24-25H2,1-4H3. The SMILES string of the molecule is COc1cc(C(c2ccccc2)c2cc(OC)c(N)cc2OC)c(OC)cc1N. The van der Waals surface area contributed by atoms with Crippen molar-refractivity contribution in [2.45, 2.75) is 5.92 Å². The molecule has 6 nitrogen and oxygen atoms in total. The van der Waals surface area contributed by atoms with E-state index in [2.05, 4.69) is 12.1 Å². The van der Waals surface area contributed by atoms with Gasteiger partial charge >= 0.3 is 0 Å². The predicted molar refractivity (Wildman–Crippen MR) is 115 cm³/mol. The van der Waals surface area contributed by atoms with Crippen LogP contribution >= 0.6 is 0 Å². The molecule has 3 aromatic rings. The Morgan fingerprint density at radius 1 is 0.586 bits per heavy atom. The summed E-state index contributed by atoms with van der Waals surface area (Å²) in [6.07, 6.45) is 0. The molecule has 0 unspecified atom stereocenters. The lowest BCUT2D eigenvalue weighted by Gasteiger charge is -2.25. The van der Waals surface area contributed by atoms with E-state index >= 15 is 0 Å². The van der Waals surface area contributed by atoms with Crippen molar-refractivity contribution in [3.63, 3.8) is 0 Å². The minimum Gasteiger partial charge on any atom is -0.496 e. The third kappa shape index (κ3) is 3.87. The first-order valence-electron chi connectivity index (χ1n) is 9.11. The number of hydrogen-bond donors (Lipinski definition) is 2. The van der Waals surface area contributed by atoms with Gasteiger partial charge in [0.1, 0.15) is 23.0 Å². The van der Waals surface area contributed by atoms with Crippen molar-refractivity contribution in [1.82, 2.24) is 0 Å². The van der Waals surface area contributed by atoms with Crippen molar-refractivity contribution in [2.24, 2.45) is 0 Å². The molecule has 3 aromatic carbocycles. The molecule has 6 heteroatoms. The summed E-state index contributed by atoms with van der Waals surface area (Å²) in [6, 6.07) is 17.4. The maximum Gasteiger partial charge on any atom is 0.142 e. The van der Waals surface area contributed by atoms with E-state index in [9.17, 15) is 0 Å². The molecule has 0 atom stereocenters. The summed E-state index contributed by atoms with van der Waals surface area (Å²) in [5.74, 6) is 2.21. The third-order valence-corrected chi connectivity index (χ3v) is 4.92. The van der Waals surface area contributed by atoms with Gasteiger partial charge in [0.25, 0.3) is 0 Å². The quantitative estimate of drug-likeness (QED) is 0.464. The molecule has 0 amide bonds. The first-order valence-corrected chi connectivity index (χ1v) is 9.11. The summed E-state index contributed by atoms with van der Waals surface area (Å²) in [7, 11) is 6.42. The van der Waals surface area contributed by atoms with E-state index in [4.69, 9.17) is 30.4 Å². The highest BCUT2D eigenvalue weighted by molar-refractivity contribution is 5.66. The zero-order valence-electron chi connectivity index (χ0n) is 17.1. The van der Waals surface area contributed by atoms with E-state index in [1.165, 1.54) is 0 Å². The maximum absolute atomic E-state index is 6.11. The first kappa shape index (κ1) is 20.2. The fraction of sp³-hybridized carbons (Fsp3) is 0.217. The largest absolute Gasteiger partial charge is 0.496 e. The number of benzene rings is 3. The van der Waals surface area contributed by atoms with Crippen LogP contribution in [0.2, 0.25) is 0 Å². The fourth-order valence-corrected chi connectivity index (χ4v) is 3.51. The lowest BCUT2D eigenvalue weighted by atomic mass is 9.83. The zero-order chi connectivity index (χ0) is 21.0. The normalized spacial score (nSPS) is 10.7. The summed E-state index contributed by atoms with van der Waals surface area (Å²) in [6.45, 7) is 0. The van der Waals surface area contributed by atoms with Crippen LogP contribution in [-0.4, -0.2) is 28.4 Å². The molecule has 0 saturated heterocycles. The van der Waals surface area contributed by atoms with Gasteiger partial charge in [0.2, 0.25) is 0 Å². The van der Waals surface area contributed by atoms with Crippen LogP contribution < -0.4 is 30.4 Å². The Kier molecular flexibility index (Phi) is 6.02. The highest BCUT2D eigenvalue weighted by Gasteiger charge is 2.26. The van der Waals surface area contributed by atoms with Gasteiger partial charge in [0.15, 0.2) is 0 Å². The van der Waals surface area contributed by atoms with Gasteiger partial charge < -0.3 is 30.4 Å². The van der Waals surface area contributed by atoms with Crippen molar-refractivity contribution >= 4 is 11.4 Å². The number of methoxy groups -OCH3 is 4. The second kappa shape index (κ2) is 8.65. The van der Waals surface area contributed by atoms with Crippen molar-refractivity contribution in [2.75, 3.05) is 39.9 Å². The molecule has 0 fully saturated rings. The molecule has 0 aromatic heterocycles. The summed E-state index contributed by atoms with van der Waals surface area (Å²) >= 11 is 0. The summed E-state index contributed by atoms with van der Waals surface area (Å²) in [4.78, 5) is 0. The van der Waals surface area contributed by atoms with Gasteiger partial charge in [0.05, 0.1) is 39.8 Å². The van der Waals surface area contributed by atoms with Gasteiger partial charge in [-0.1, -0.05) is 30.3 Å². The molecule has 4 N–H and O–H groups in total. The molecule has 0 aliphatic heterocycles. The van der Waals surface area contributed by atoms with E-state index in [-0.39, 0.29) is 5.92 Å². The van der Waals surface area contributed by atoms with Gasteiger partial charge in [-0.15, -0.1) is 0 Å².